The summed E-state index contributed by atoms with van der Waals surface area (Å²) in [6, 6.07) is 10.1. The van der Waals surface area contributed by atoms with Crippen LogP contribution in [0.3, 0.4) is 0 Å². The third-order valence-electron chi connectivity index (χ3n) is 2.75. The van der Waals surface area contributed by atoms with Crippen LogP contribution in [0, 0.1) is 31.0 Å². The highest BCUT2D eigenvalue weighted by atomic mass is 79.9. The third-order valence-corrected chi connectivity index (χ3v) is 4.00. The highest BCUT2D eigenvalue weighted by Crippen LogP contribution is 2.27. The Morgan fingerprint density at radius 2 is 1.63 bits per heavy atom. The standard InChI is InChI=1S/C15H12BrFN2/c1-9-3-13(4-10(2)15(9)16)19-14-6-11(8-18)5-12(17)7-14/h3-7,19H,1-2H3. The Morgan fingerprint density at radius 1 is 1.05 bits per heavy atom. The summed E-state index contributed by atoms with van der Waals surface area (Å²) >= 11 is 3.50. The first-order chi connectivity index (χ1) is 8.99. The highest BCUT2D eigenvalue weighted by Gasteiger charge is 2.04. The molecule has 0 fully saturated rings. The molecule has 0 radical (unpaired) electrons. The lowest BCUT2D eigenvalue weighted by Gasteiger charge is -2.11. The lowest BCUT2D eigenvalue weighted by molar-refractivity contribution is 0.628. The van der Waals surface area contributed by atoms with Gasteiger partial charge in [-0.25, -0.2) is 4.39 Å². The smallest absolute Gasteiger partial charge is 0.126 e. The van der Waals surface area contributed by atoms with Crippen molar-refractivity contribution in [2.45, 2.75) is 13.8 Å². The van der Waals surface area contributed by atoms with E-state index >= 15 is 0 Å². The van der Waals surface area contributed by atoms with E-state index in [4.69, 9.17) is 5.26 Å². The van der Waals surface area contributed by atoms with Gasteiger partial charge >= 0.3 is 0 Å². The molecule has 0 bridgehead atoms. The van der Waals surface area contributed by atoms with Gasteiger partial charge in [-0.1, -0.05) is 15.9 Å². The molecule has 2 rings (SSSR count). The minimum Gasteiger partial charge on any atom is -0.355 e. The van der Waals surface area contributed by atoms with E-state index in [1.54, 1.807) is 6.07 Å². The molecule has 0 saturated carbocycles. The Hall–Kier alpha value is -1.86. The predicted octanol–water partition coefficient (Wildman–Crippen LogP) is 4.82. The molecule has 1 N–H and O–H groups in total. The number of nitrogens with zero attached hydrogens (tertiary/aromatic N) is 1. The minimum absolute atomic E-state index is 0.299. The van der Waals surface area contributed by atoms with Crippen LogP contribution in [0.15, 0.2) is 34.8 Å². The second-order valence-electron chi connectivity index (χ2n) is 4.39. The van der Waals surface area contributed by atoms with Gasteiger partial charge in [0.25, 0.3) is 0 Å². The number of hydrogen-bond donors (Lipinski definition) is 1. The summed E-state index contributed by atoms with van der Waals surface area (Å²) in [5.74, 6) is -0.424. The zero-order valence-corrected chi connectivity index (χ0v) is 12.2. The van der Waals surface area contributed by atoms with E-state index in [0.29, 0.717) is 11.3 Å². The van der Waals surface area contributed by atoms with Crippen LogP contribution >= 0.6 is 15.9 Å². The van der Waals surface area contributed by atoms with Gasteiger partial charge in [0.05, 0.1) is 11.6 Å². The Morgan fingerprint density at radius 3 is 2.21 bits per heavy atom. The summed E-state index contributed by atoms with van der Waals surface area (Å²) in [5.41, 5.74) is 3.93. The molecule has 0 unspecified atom stereocenters. The molecule has 4 heteroatoms. The van der Waals surface area contributed by atoms with Crippen LogP contribution in [0.5, 0.6) is 0 Å². The average Bonchev–Trinajstić information content (AvgIpc) is 2.35. The molecule has 0 atom stereocenters. The molecule has 0 aliphatic carbocycles. The van der Waals surface area contributed by atoms with Gasteiger partial charge in [0.15, 0.2) is 0 Å². The van der Waals surface area contributed by atoms with Gasteiger partial charge in [0, 0.05) is 15.8 Å². The Kier molecular flexibility index (Phi) is 3.87. The first-order valence-corrected chi connectivity index (χ1v) is 6.53. The number of rotatable bonds is 2. The molecule has 2 nitrogen and oxygen atoms in total. The number of nitrogens with one attached hydrogen (secondary N) is 1. The Balaban J connectivity index is 2.36. The van der Waals surface area contributed by atoms with Crippen molar-refractivity contribution in [2.75, 3.05) is 5.32 Å². The molecule has 0 heterocycles. The first kappa shape index (κ1) is 13.6. The van der Waals surface area contributed by atoms with Crippen molar-refractivity contribution in [3.8, 4) is 6.07 Å². The molecule has 2 aromatic rings. The number of anilines is 2. The van der Waals surface area contributed by atoms with Crippen molar-refractivity contribution in [2.24, 2.45) is 0 Å². The summed E-state index contributed by atoms with van der Waals surface area (Å²) in [4.78, 5) is 0. The molecule has 0 aliphatic rings. The Bertz CT molecular complexity index is 651. The largest absolute Gasteiger partial charge is 0.355 e. The summed E-state index contributed by atoms with van der Waals surface area (Å²) in [5, 5.41) is 11.9. The normalized spacial score (nSPS) is 10.1. The van der Waals surface area contributed by atoms with Crippen LogP contribution < -0.4 is 5.32 Å². The number of halogens is 2. The molecular weight excluding hydrogens is 307 g/mol. The molecule has 0 amide bonds. The zero-order chi connectivity index (χ0) is 14.0. The van der Waals surface area contributed by atoms with E-state index in [2.05, 4.69) is 21.2 Å². The highest BCUT2D eigenvalue weighted by molar-refractivity contribution is 9.10. The van der Waals surface area contributed by atoms with E-state index in [1.807, 2.05) is 32.0 Å². The van der Waals surface area contributed by atoms with Crippen LogP contribution in [0.2, 0.25) is 0 Å². The summed E-state index contributed by atoms with van der Waals surface area (Å²) in [7, 11) is 0. The second-order valence-corrected chi connectivity index (χ2v) is 5.18. The summed E-state index contributed by atoms with van der Waals surface area (Å²) < 4.78 is 14.4. The monoisotopic (exact) mass is 318 g/mol. The van der Waals surface area contributed by atoms with Crippen LogP contribution in [0.25, 0.3) is 0 Å². The molecular formula is C15H12BrFN2. The summed E-state index contributed by atoms with van der Waals surface area (Å²) in [6.45, 7) is 3.99. The lowest BCUT2D eigenvalue weighted by Crippen LogP contribution is -1.94. The second kappa shape index (κ2) is 5.41. The SMILES string of the molecule is Cc1cc(Nc2cc(F)cc(C#N)c2)cc(C)c1Br. The zero-order valence-electron chi connectivity index (χ0n) is 10.6. The number of benzene rings is 2. The number of aryl methyl sites for hydroxylation is 2. The van der Waals surface area contributed by atoms with Gasteiger partial charge in [-0.2, -0.15) is 5.26 Å². The maximum atomic E-state index is 13.3. The maximum Gasteiger partial charge on any atom is 0.126 e. The van der Waals surface area contributed by atoms with Gasteiger partial charge in [-0.05, 0) is 55.3 Å². The molecule has 0 aromatic heterocycles. The van der Waals surface area contributed by atoms with Crippen LogP contribution in [-0.4, -0.2) is 0 Å². The van der Waals surface area contributed by atoms with E-state index in [0.717, 1.165) is 21.3 Å². The van der Waals surface area contributed by atoms with Crippen LogP contribution in [0.1, 0.15) is 16.7 Å². The Labute approximate surface area is 120 Å². The molecule has 2 aromatic carbocycles. The van der Waals surface area contributed by atoms with E-state index in [1.165, 1.54) is 12.1 Å². The molecule has 19 heavy (non-hydrogen) atoms. The number of hydrogen-bond acceptors (Lipinski definition) is 2. The first-order valence-electron chi connectivity index (χ1n) is 5.74. The molecule has 0 aliphatic heterocycles. The van der Waals surface area contributed by atoms with Gasteiger partial charge < -0.3 is 5.32 Å². The summed E-state index contributed by atoms with van der Waals surface area (Å²) in [6.07, 6.45) is 0. The van der Waals surface area contributed by atoms with E-state index in [-0.39, 0.29) is 0 Å². The molecule has 96 valence electrons. The minimum atomic E-state index is -0.424. The van der Waals surface area contributed by atoms with Crippen molar-refractivity contribution in [3.63, 3.8) is 0 Å². The van der Waals surface area contributed by atoms with Gasteiger partial charge in [0.1, 0.15) is 5.82 Å². The lowest BCUT2D eigenvalue weighted by atomic mass is 10.1. The van der Waals surface area contributed by atoms with Crippen molar-refractivity contribution in [3.05, 3.63) is 57.3 Å². The van der Waals surface area contributed by atoms with Crippen LogP contribution in [-0.2, 0) is 0 Å². The van der Waals surface area contributed by atoms with Gasteiger partial charge in [-0.15, -0.1) is 0 Å². The van der Waals surface area contributed by atoms with E-state index in [9.17, 15) is 4.39 Å². The quantitative estimate of drug-likeness (QED) is 0.861. The molecule has 0 saturated heterocycles. The fourth-order valence-electron chi connectivity index (χ4n) is 1.91. The average molecular weight is 319 g/mol. The van der Waals surface area contributed by atoms with Crippen molar-refractivity contribution < 1.29 is 4.39 Å². The number of nitriles is 1. The topological polar surface area (TPSA) is 35.8 Å². The molecule has 0 spiro atoms. The van der Waals surface area contributed by atoms with Gasteiger partial charge in [0.2, 0.25) is 0 Å². The van der Waals surface area contributed by atoms with Crippen molar-refractivity contribution >= 4 is 27.3 Å². The maximum absolute atomic E-state index is 13.3. The van der Waals surface area contributed by atoms with Crippen molar-refractivity contribution in [1.82, 2.24) is 0 Å². The fraction of sp³-hybridized carbons (Fsp3) is 0.133. The van der Waals surface area contributed by atoms with Crippen molar-refractivity contribution in [1.29, 1.82) is 5.26 Å². The van der Waals surface area contributed by atoms with E-state index < -0.39 is 5.82 Å². The van der Waals surface area contributed by atoms with Crippen LogP contribution in [0.4, 0.5) is 15.8 Å². The van der Waals surface area contributed by atoms with Gasteiger partial charge in [-0.3, -0.25) is 0 Å². The third kappa shape index (κ3) is 3.12. The fourth-order valence-corrected chi connectivity index (χ4v) is 2.14. The predicted molar refractivity (Wildman–Crippen MR) is 78.0 cm³/mol.